The minimum Gasteiger partial charge on any atom is -0.496 e. The second-order valence-electron chi connectivity index (χ2n) is 6.27. The van der Waals surface area contributed by atoms with Crippen molar-refractivity contribution in [3.63, 3.8) is 0 Å². The standard InChI is InChI=1S/C21H23N5O2/c1-14-11-20(22-13-16-7-4-5-10-19(16)28-3)26-21(23-14)25-18-9-6-8-17(12-18)24-15(2)27/h4-12H,13H2,1-3H3,(H,24,27)(H2,22,23,25,26). The minimum absolute atomic E-state index is 0.119. The third kappa shape index (κ3) is 5.20. The fraction of sp³-hybridized carbons (Fsp3) is 0.190. The number of hydrogen-bond acceptors (Lipinski definition) is 6. The molecule has 1 heterocycles. The monoisotopic (exact) mass is 377 g/mol. The number of ether oxygens (including phenoxy) is 1. The highest BCUT2D eigenvalue weighted by Crippen LogP contribution is 2.21. The number of carbonyl (C=O) groups excluding carboxylic acids is 1. The minimum atomic E-state index is -0.119. The first-order chi connectivity index (χ1) is 13.5. The van der Waals surface area contributed by atoms with E-state index in [0.717, 1.165) is 22.7 Å². The molecule has 0 radical (unpaired) electrons. The molecule has 0 aliphatic heterocycles. The van der Waals surface area contributed by atoms with Crippen LogP contribution in [0.5, 0.6) is 5.75 Å². The predicted molar refractivity (Wildman–Crippen MR) is 111 cm³/mol. The van der Waals surface area contributed by atoms with Gasteiger partial charge in [-0.05, 0) is 31.2 Å². The summed E-state index contributed by atoms with van der Waals surface area (Å²) in [6, 6.07) is 17.1. The van der Waals surface area contributed by atoms with Gasteiger partial charge >= 0.3 is 0 Å². The molecule has 0 atom stereocenters. The number of nitrogens with one attached hydrogen (secondary N) is 3. The molecule has 0 bridgehead atoms. The van der Waals surface area contributed by atoms with E-state index < -0.39 is 0 Å². The summed E-state index contributed by atoms with van der Waals surface area (Å²) >= 11 is 0. The number of amides is 1. The summed E-state index contributed by atoms with van der Waals surface area (Å²) in [6.45, 7) is 3.97. The molecule has 0 saturated heterocycles. The van der Waals surface area contributed by atoms with Crippen LogP contribution in [-0.4, -0.2) is 23.0 Å². The molecule has 0 unspecified atom stereocenters. The van der Waals surface area contributed by atoms with Crippen molar-refractivity contribution in [2.75, 3.05) is 23.1 Å². The molecule has 3 aromatic rings. The van der Waals surface area contributed by atoms with Crippen LogP contribution in [-0.2, 0) is 11.3 Å². The van der Waals surface area contributed by atoms with Crippen molar-refractivity contribution in [1.82, 2.24) is 9.97 Å². The fourth-order valence-corrected chi connectivity index (χ4v) is 2.76. The molecule has 0 fully saturated rings. The lowest BCUT2D eigenvalue weighted by molar-refractivity contribution is -0.114. The molecule has 3 rings (SSSR count). The summed E-state index contributed by atoms with van der Waals surface area (Å²) in [5.41, 5.74) is 3.36. The lowest BCUT2D eigenvalue weighted by atomic mass is 10.2. The zero-order chi connectivity index (χ0) is 19.9. The summed E-state index contributed by atoms with van der Waals surface area (Å²) in [7, 11) is 1.66. The van der Waals surface area contributed by atoms with Gasteiger partial charge in [-0.3, -0.25) is 4.79 Å². The van der Waals surface area contributed by atoms with Crippen LogP contribution >= 0.6 is 0 Å². The molecule has 7 nitrogen and oxygen atoms in total. The summed E-state index contributed by atoms with van der Waals surface area (Å²) in [5.74, 6) is 1.89. The van der Waals surface area contributed by atoms with Crippen LogP contribution in [0.2, 0.25) is 0 Å². The van der Waals surface area contributed by atoms with Crippen molar-refractivity contribution in [3.8, 4) is 5.75 Å². The number of nitrogens with zero attached hydrogens (tertiary/aromatic N) is 2. The Morgan fingerprint density at radius 1 is 1.04 bits per heavy atom. The van der Waals surface area contributed by atoms with Crippen LogP contribution in [0.15, 0.2) is 54.6 Å². The number of para-hydroxylation sites is 1. The first-order valence-corrected chi connectivity index (χ1v) is 8.89. The Morgan fingerprint density at radius 3 is 2.61 bits per heavy atom. The van der Waals surface area contributed by atoms with E-state index in [-0.39, 0.29) is 5.91 Å². The van der Waals surface area contributed by atoms with Gasteiger partial charge in [0.1, 0.15) is 11.6 Å². The Balaban J connectivity index is 1.74. The molecule has 3 N–H and O–H groups in total. The fourth-order valence-electron chi connectivity index (χ4n) is 2.76. The van der Waals surface area contributed by atoms with E-state index in [9.17, 15) is 4.79 Å². The number of aryl methyl sites for hydroxylation is 1. The van der Waals surface area contributed by atoms with E-state index in [4.69, 9.17) is 4.74 Å². The molecule has 0 saturated carbocycles. The molecule has 1 aromatic heterocycles. The molecule has 1 amide bonds. The van der Waals surface area contributed by atoms with E-state index in [2.05, 4.69) is 25.9 Å². The second kappa shape index (κ2) is 8.85. The molecular weight excluding hydrogens is 354 g/mol. The summed E-state index contributed by atoms with van der Waals surface area (Å²) < 4.78 is 5.38. The van der Waals surface area contributed by atoms with Crippen LogP contribution < -0.4 is 20.7 Å². The Bertz CT molecular complexity index is 975. The molecule has 28 heavy (non-hydrogen) atoms. The van der Waals surface area contributed by atoms with E-state index in [1.54, 1.807) is 7.11 Å². The van der Waals surface area contributed by atoms with Gasteiger partial charge in [0.2, 0.25) is 11.9 Å². The maximum Gasteiger partial charge on any atom is 0.229 e. The normalized spacial score (nSPS) is 10.2. The van der Waals surface area contributed by atoms with E-state index in [1.807, 2.05) is 61.5 Å². The van der Waals surface area contributed by atoms with Gasteiger partial charge < -0.3 is 20.7 Å². The lowest BCUT2D eigenvalue weighted by Gasteiger charge is -2.12. The van der Waals surface area contributed by atoms with Gasteiger partial charge in [0.05, 0.1) is 7.11 Å². The average Bonchev–Trinajstić information content (AvgIpc) is 2.66. The number of rotatable bonds is 7. The number of carbonyl (C=O) groups is 1. The Labute approximate surface area is 164 Å². The van der Waals surface area contributed by atoms with Crippen molar-refractivity contribution in [2.24, 2.45) is 0 Å². The summed E-state index contributed by atoms with van der Waals surface area (Å²) in [6.07, 6.45) is 0. The predicted octanol–water partition coefficient (Wildman–Crippen LogP) is 4.11. The van der Waals surface area contributed by atoms with E-state index in [1.165, 1.54) is 6.92 Å². The second-order valence-corrected chi connectivity index (χ2v) is 6.27. The van der Waals surface area contributed by atoms with Crippen LogP contribution in [0.25, 0.3) is 0 Å². The molecule has 0 aliphatic carbocycles. The zero-order valence-electron chi connectivity index (χ0n) is 16.1. The SMILES string of the molecule is COc1ccccc1CNc1cc(C)nc(Nc2cccc(NC(C)=O)c2)n1. The number of anilines is 4. The third-order valence-corrected chi connectivity index (χ3v) is 3.95. The number of aromatic nitrogens is 2. The van der Waals surface area contributed by atoms with Gasteiger partial charge in [0.15, 0.2) is 0 Å². The third-order valence-electron chi connectivity index (χ3n) is 3.95. The number of benzene rings is 2. The van der Waals surface area contributed by atoms with Gasteiger partial charge in [-0.15, -0.1) is 0 Å². The first-order valence-electron chi connectivity index (χ1n) is 8.89. The molecule has 7 heteroatoms. The number of hydrogen-bond donors (Lipinski definition) is 3. The van der Waals surface area contributed by atoms with Crippen LogP contribution in [0, 0.1) is 6.92 Å². The average molecular weight is 377 g/mol. The highest BCUT2D eigenvalue weighted by molar-refractivity contribution is 5.89. The van der Waals surface area contributed by atoms with Crippen molar-refractivity contribution in [1.29, 1.82) is 0 Å². The smallest absolute Gasteiger partial charge is 0.229 e. The van der Waals surface area contributed by atoms with Crippen molar-refractivity contribution >= 4 is 29.0 Å². The van der Waals surface area contributed by atoms with Crippen LogP contribution in [0.3, 0.4) is 0 Å². The van der Waals surface area contributed by atoms with Crippen LogP contribution in [0.1, 0.15) is 18.2 Å². The van der Waals surface area contributed by atoms with Gasteiger partial charge in [0, 0.05) is 42.2 Å². The maximum atomic E-state index is 11.2. The van der Waals surface area contributed by atoms with E-state index >= 15 is 0 Å². The maximum absolute atomic E-state index is 11.2. The zero-order valence-corrected chi connectivity index (χ0v) is 16.1. The lowest BCUT2D eigenvalue weighted by Crippen LogP contribution is -2.07. The van der Waals surface area contributed by atoms with Crippen molar-refractivity contribution in [3.05, 3.63) is 65.9 Å². The topological polar surface area (TPSA) is 88.2 Å². The quantitative estimate of drug-likeness (QED) is 0.574. The van der Waals surface area contributed by atoms with Crippen molar-refractivity contribution in [2.45, 2.75) is 20.4 Å². The molecule has 0 spiro atoms. The van der Waals surface area contributed by atoms with E-state index in [0.29, 0.717) is 24.0 Å². The first kappa shape index (κ1) is 19.2. The van der Waals surface area contributed by atoms with Crippen molar-refractivity contribution < 1.29 is 9.53 Å². The Hall–Kier alpha value is -3.61. The van der Waals surface area contributed by atoms with Gasteiger partial charge in [-0.2, -0.15) is 4.98 Å². The largest absolute Gasteiger partial charge is 0.496 e. The highest BCUT2D eigenvalue weighted by Gasteiger charge is 2.06. The number of methoxy groups -OCH3 is 1. The Morgan fingerprint density at radius 2 is 1.82 bits per heavy atom. The van der Waals surface area contributed by atoms with Gasteiger partial charge in [-0.1, -0.05) is 24.3 Å². The van der Waals surface area contributed by atoms with Gasteiger partial charge in [0.25, 0.3) is 0 Å². The summed E-state index contributed by atoms with van der Waals surface area (Å²) in [5, 5.41) is 9.25. The molecule has 2 aromatic carbocycles. The summed E-state index contributed by atoms with van der Waals surface area (Å²) in [4.78, 5) is 20.2. The van der Waals surface area contributed by atoms with Gasteiger partial charge in [-0.25, -0.2) is 4.98 Å². The molecule has 0 aliphatic rings. The van der Waals surface area contributed by atoms with Crippen LogP contribution in [0.4, 0.5) is 23.1 Å². The molecule has 144 valence electrons. The molecular formula is C21H23N5O2. The Kier molecular flexibility index (Phi) is 6.06. The highest BCUT2D eigenvalue weighted by atomic mass is 16.5.